The van der Waals surface area contributed by atoms with Crippen LogP contribution in [0.15, 0.2) is 46.9 Å². The van der Waals surface area contributed by atoms with Gasteiger partial charge in [-0.1, -0.05) is 39.7 Å². The molecule has 0 aromatic heterocycles. The van der Waals surface area contributed by atoms with Crippen LogP contribution >= 0.6 is 27.5 Å². The SMILES string of the molecule is CC(NC(=O)c1ccc(Br)cc1F)c1cccc(Cl)c1. The summed E-state index contributed by atoms with van der Waals surface area (Å²) in [7, 11) is 0. The smallest absolute Gasteiger partial charge is 0.254 e. The largest absolute Gasteiger partial charge is 0.345 e. The maximum atomic E-state index is 13.7. The van der Waals surface area contributed by atoms with E-state index in [1.165, 1.54) is 12.1 Å². The molecule has 0 bridgehead atoms. The molecular formula is C15H12BrClFNO. The van der Waals surface area contributed by atoms with Crippen LogP contribution in [0.25, 0.3) is 0 Å². The van der Waals surface area contributed by atoms with E-state index in [-0.39, 0.29) is 11.6 Å². The normalized spacial score (nSPS) is 12.0. The molecule has 0 saturated carbocycles. The van der Waals surface area contributed by atoms with Gasteiger partial charge in [0.1, 0.15) is 5.82 Å². The van der Waals surface area contributed by atoms with Gasteiger partial charge in [0.25, 0.3) is 5.91 Å². The van der Waals surface area contributed by atoms with Gasteiger partial charge in [-0.3, -0.25) is 4.79 Å². The number of carbonyl (C=O) groups is 1. The molecule has 2 rings (SSSR count). The molecule has 0 aliphatic heterocycles. The van der Waals surface area contributed by atoms with E-state index in [4.69, 9.17) is 11.6 Å². The van der Waals surface area contributed by atoms with E-state index in [0.717, 1.165) is 5.56 Å². The fourth-order valence-corrected chi connectivity index (χ4v) is 2.34. The van der Waals surface area contributed by atoms with Crippen LogP contribution < -0.4 is 5.32 Å². The highest BCUT2D eigenvalue weighted by molar-refractivity contribution is 9.10. The van der Waals surface area contributed by atoms with E-state index >= 15 is 0 Å². The van der Waals surface area contributed by atoms with Crippen LogP contribution in [-0.4, -0.2) is 5.91 Å². The lowest BCUT2D eigenvalue weighted by atomic mass is 10.1. The Labute approximate surface area is 130 Å². The van der Waals surface area contributed by atoms with Crippen LogP contribution in [0.1, 0.15) is 28.9 Å². The number of amides is 1. The van der Waals surface area contributed by atoms with E-state index in [9.17, 15) is 9.18 Å². The number of benzene rings is 2. The molecule has 0 saturated heterocycles. The van der Waals surface area contributed by atoms with Gasteiger partial charge in [0, 0.05) is 9.50 Å². The Hall–Kier alpha value is -1.39. The third-order valence-corrected chi connectivity index (χ3v) is 3.60. The van der Waals surface area contributed by atoms with E-state index in [1.54, 1.807) is 24.3 Å². The third-order valence-electron chi connectivity index (χ3n) is 2.87. The van der Waals surface area contributed by atoms with Crippen molar-refractivity contribution in [1.82, 2.24) is 5.32 Å². The molecule has 0 spiro atoms. The summed E-state index contributed by atoms with van der Waals surface area (Å²) in [5.41, 5.74) is 0.880. The second kappa shape index (κ2) is 6.37. The van der Waals surface area contributed by atoms with Gasteiger partial charge in [0.05, 0.1) is 11.6 Å². The summed E-state index contributed by atoms with van der Waals surface area (Å²) in [5.74, 6) is -1.02. The van der Waals surface area contributed by atoms with Gasteiger partial charge in [-0.05, 0) is 42.8 Å². The van der Waals surface area contributed by atoms with Crippen molar-refractivity contribution in [3.05, 3.63) is 68.9 Å². The molecule has 5 heteroatoms. The Kier molecular flexibility index (Phi) is 4.78. The predicted molar refractivity (Wildman–Crippen MR) is 81.4 cm³/mol. The van der Waals surface area contributed by atoms with Gasteiger partial charge in [-0.15, -0.1) is 0 Å². The van der Waals surface area contributed by atoms with Gasteiger partial charge in [0.2, 0.25) is 0 Å². The highest BCUT2D eigenvalue weighted by atomic mass is 79.9. The molecule has 1 unspecified atom stereocenters. The van der Waals surface area contributed by atoms with Crippen molar-refractivity contribution in [2.24, 2.45) is 0 Å². The van der Waals surface area contributed by atoms with Crippen molar-refractivity contribution in [1.29, 1.82) is 0 Å². The van der Waals surface area contributed by atoms with Crippen LogP contribution in [-0.2, 0) is 0 Å². The summed E-state index contributed by atoms with van der Waals surface area (Å²) in [6.45, 7) is 1.82. The molecule has 2 aromatic carbocycles. The molecule has 0 radical (unpaired) electrons. The first-order valence-electron chi connectivity index (χ1n) is 5.99. The zero-order valence-corrected chi connectivity index (χ0v) is 13.0. The molecule has 1 N–H and O–H groups in total. The quantitative estimate of drug-likeness (QED) is 0.846. The minimum absolute atomic E-state index is 0.0158. The summed E-state index contributed by atoms with van der Waals surface area (Å²) in [4.78, 5) is 12.0. The standard InChI is InChI=1S/C15H12BrClFNO/c1-9(10-3-2-4-12(17)7-10)19-15(20)13-6-5-11(16)8-14(13)18/h2-9H,1H3,(H,19,20). The van der Waals surface area contributed by atoms with Crippen LogP contribution in [0.5, 0.6) is 0 Å². The van der Waals surface area contributed by atoms with E-state index in [0.29, 0.717) is 9.50 Å². The van der Waals surface area contributed by atoms with E-state index in [2.05, 4.69) is 21.2 Å². The highest BCUT2D eigenvalue weighted by Gasteiger charge is 2.15. The lowest BCUT2D eigenvalue weighted by Crippen LogP contribution is -2.27. The van der Waals surface area contributed by atoms with Crippen molar-refractivity contribution in [2.45, 2.75) is 13.0 Å². The van der Waals surface area contributed by atoms with Gasteiger partial charge >= 0.3 is 0 Å². The molecule has 2 nitrogen and oxygen atoms in total. The minimum Gasteiger partial charge on any atom is -0.345 e. The second-order valence-corrected chi connectivity index (χ2v) is 5.73. The topological polar surface area (TPSA) is 29.1 Å². The molecule has 0 aliphatic carbocycles. The van der Waals surface area contributed by atoms with Crippen molar-refractivity contribution in [3.63, 3.8) is 0 Å². The van der Waals surface area contributed by atoms with Crippen LogP contribution in [0.3, 0.4) is 0 Å². The Bertz CT molecular complexity index is 648. The molecule has 0 fully saturated rings. The van der Waals surface area contributed by atoms with Crippen molar-refractivity contribution in [3.8, 4) is 0 Å². The average Bonchev–Trinajstić information content (AvgIpc) is 2.38. The number of rotatable bonds is 3. The van der Waals surface area contributed by atoms with Crippen molar-refractivity contribution < 1.29 is 9.18 Å². The maximum Gasteiger partial charge on any atom is 0.254 e. The first-order chi connectivity index (χ1) is 9.47. The Morgan fingerprint density at radius 3 is 2.70 bits per heavy atom. The molecular weight excluding hydrogens is 345 g/mol. The average molecular weight is 357 g/mol. The van der Waals surface area contributed by atoms with Crippen molar-refractivity contribution >= 4 is 33.4 Å². The van der Waals surface area contributed by atoms with E-state index < -0.39 is 11.7 Å². The van der Waals surface area contributed by atoms with Crippen LogP contribution in [0.2, 0.25) is 5.02 Å². The third kappa shape index (κ3) is 3.58. The zero-order chi connectivity index (χ0) is 14.7. The fraction of sp³-hybridized carbons (Fsp3) is 0.133. The maximum absolute atomic E-state index is 13.7. The molecule has 1 atom stereocenters. The number of hydrogen-bond donors (Lipinski definition) is 1. The zero-order valence-electron chi connectivity index (χ0n) is 10.7. The van der Waals surface area contributed by atoms with E-state index in [1.807, 2.05) is 13.0 Å². The van der Waals surface area contributed by atoms with Gasteiger partial charge < -0.3 is 5.32 Å². The predicted octanol–water partition coefficient (Wildman–Crippen LogP) is 4.73. The summed E-state index contributed by atoms with van der Waals surface area (Å²) >= 11 is 9.06. The Morgan fingerprint density at radius 1 is 1.30 bits per heavy atom. The summed E-state index contributed by atoms with van der Waals surface area (Å²) in [6.07, 6.45) is 0. The Balaban J connectivity index is 2.15. The molecule has 20 heavy (non-hydrogen) atoms. The van der Waals surface area contributed by atoms with Crippen LogP contribution in [0.4, 0.5) is 4.39 Å². The Morgan fingerprint density at radius 2 is 2.05 bits per heavy atom. The fourth-order valence-electron chi connectivity index (χ4n) is 1.81. The first kappa shape index (κ1) is 15.0. The van der Waals surface area contributed by atoms with Crippen LogP contribution in [0, 0.1) is 5.82 Å². The number of halogens is 3. The monoisotopic (exact) mass is 355 g/mol. The minimum atomic E-state index is -0.560. The molecule has 104 valence electrons. The molecule has 0 aliphatic rings. The number of hydrogen-bond acceptors (Lipinski definition) is 1. The molecule has 2 aromatic rings. The lowest BCUT2D eigenvalue weighted by Gasteiger charge is -2.15. The summed E-state index contributed by atoms with van der Waals surface area (Å²) < 4.78 is 14.3. The van der Waals surface area contributed by atoms with Gasteiger partial charge in [-0.2, -0.15) is 0 Å². The molecule has 0 heterocycles. The second-order valence-electron chi connectivity index (χ2n) is 4.37. The summed E-state index contributed by atoms with van der Waals surface area (Å²) in [5, 5.41) is 3.34. The number of carbonyl (C=O) groups excluding carboxylic acids is 1. The highest BCUT2D eigenvalue weighted by Crippen LogP contribution is 2.19. The first-order valence-corrected chi connectivity index (χ1v) is 7.16. The molecule has 1 amide bonds. The van der Waals surface area contributed by atoms with Gasteiger partial charge in [-0.25, -0.2) is 4.39 Å². The lowest BCUT2D eigenvalue weighted by molar-refractivity contribution is 0.0936. The number of nitrogens with one attached hydrogen (secondary N) is 1. The van der Waals surface area contributed by atoms with Gasteiger partial charge in [0.15, 0.2) is 0 Å². The summed E-state index contributed by atoms with van der Waals surface area (Å²) in [6, 6.07) is 11.3. The van der Waals surface area contributed by atoms with Crippen molar-refractivity contribution in [2.75, 3.05) is 0 Å².